The second-order valence-corrected chi connectivity index (χ2v) is 9.94. The number of quaternary nitrogens is 1. The summed E-state index contributed by atoms with van der Waals surface area (Å²) >= 11 is 1.94. The molecule has 1 heterocycles. The van der Waals surface area contributed by atoms with Crippen molar-refractivity contribution in [1.29, 1.82) is 0 Å². The number of alkyl halides is 1. The van der Waals surface area contributed by atoms with Crippen LogP contribution >= 0.6 is 15.9 Å². The molecule has 4 unspecified atom stereocenters. The fourth-order valence-electron chi connectivity index (χ4n) is 4.05. The molecular weight excluding hydrogens is 438 g/mol. The maximum Gasteiger partial charge on any atom is 0.283 e. The third-order valence-electron chi connectivity index (χ3n) is 5.52. The number of hydroxylamine groups is 2. The molecule has 1 N–H and O–H groups in total. The summed E-state index contributed by atoms with van der Waals surface area (Å²) in [5.74, 6) is 0.531. The van der Waals surface area contributed by atoms with Gasteiger partial charge in [0, 0.05) is 5.33 Å². The average Bonchev–Trinajstić information content (AvgIpc) is 2.71. The summed E-state index contributed by atoms with van der Waals surface area (Å²) in [7, 11) is 0. The number of nitrogens with one attached hydrogen (secondary N) is 1. The first kappa shape index (κ1) is 21.7. The van der Waals surface area contributed by atoms with E-state index in [9.17, 15) is 9.76 Å². The quantitative estimate of drug-likeness (QED) is 0.286. The molecule has 6 heteroatoms. The summed E-state index contributed by atoms with van der Waals surface area (Å²) in [4.78, 5) is -0.350. The summed E-state index contributed by atoms with van der Waals surface area (Å²) in [6.45, 7) is 6.47. The van der Waals surface area contributed by atoms with Gasteiger partial charge in [0.25, 0.3) is 4.87 Å². The third-order valence-corrected chi connectivity index (χ3v) is 8.33. The summed E-state index contributed by atoms with van der Waals surface area (Å²) < 4.78 is 20.0. The van der Waals surface area contributed by atoms with Crippen LogP contribution < -0.4 is 9.80 Å². The van der Waals surface area contributed by atoms with E-state index in [1.165, 1.54) is 0 Å². The molecule has 3 rings (SSSR count). The van der Waals surface area contributed by atoms with Gasteiger partial charge in [-0.05, 0) is 44.0 Å². The molecular formula is C22H28BrNO3S. The van der Waals surface area contributed by atoms with Crippen LogP contribution in [0.3, 0.4) is 0 Å². The van der Waals surface area contributed by atoms with E-state index in [1.54, 1.807) is 0 Å². The van der Waals surface area contributed by atoms with Crippen LogP contribution in [0.5, 0.6) is 5.75 Å². The average molecular weight is 466 g/mol. The predicted molar refractivity (Wildman–Crippen MR) is 117 cm³/mol. The maximum atomic E-state index is 13.9. The van der Waals surface area contributed by atoms with Crippen molar-refractivity contribution in [3.05, 3.63) is 64.9 Å². The third kappa shape index (κ3) is 3.61. The van der Waals surface area contributed by atoms with E-state index in [0.29, 0.717) is 12.4 Å². The number of hydrogen-bond acceptors (Lipinski definition) is 3. The largest absolute Gasteiger partial charge is 0.630 e. The van der Waals surface area contributed by atoms with Gasteiger partial charge in [0.2, 0.25) is 0 Å². The van der Waals surface area contributed by atoms with Gasteiger partial charge in [-0.2, -0.15) is 0 Å². The number of hydrogen-bond donors (Lipinski definition) is 1. The van der Waals surface area contributed by atoms with Crippen LogP contribution in [0, 0.1) is 11.1 Å². The Morgan fingerprint density at radius 2 is 1.82 bits per heavy atom. The first-order chi connectivity index (χ1) is 13.5. The molecule has 0 saturated heterocycles. The zero-order valence-corrected chi connectivity index (χ0v) is 19.0. The van der Waals surface area contributed by atoms with Gasteiger partial charge in [-0.25, -0.2) is 0 Å². The Hall–Kier alpha value is -1.05. The number of fused-ring (bicyclic) bond motifs is 1. The number of unbranched alkanes of at least 4 members (excludes halogenated alkanes) is 1. The molecule has 2 aromatic rings. The van der Waals surface area contributed by atoms with Crippen molar-refractivity contribution in [2.45, 2.75) is 49.4 Å². The van der Waals surface area contributed by atoms with Gasteiger partial charge in [0.05, 0.1) is 29.3 Å². The van der Waals surface area contributed by atoms with Crippen LogP contribution in [0.25, 0.3) is 0 Å². The van der Waals surface area contributed by atoms with E-state index in [4.69, 9.17) is 4.74 Å². The minimum absolute atomic E-state index is 0.0102. The SMILES string of the molecule is CC1c2ccccc2[S+]([O-])C(c2ccccc2OCCCCBr)(C(C)C)[NH+]1[O-]. The van der Waals surface area contributed by atoms with Gasteiger partial charge < -0.3 is 19.6 Å². The van der Waals surface area contributed by atoms with Gasteiger partial charge in [-0.15, -0.1) is 0 Å². The molecule has 1 aliphatic rings. The highest BCUT2D eigenvalue weighted by Gasteiger charge is 2.60. The number of halogens is 1. The Morgan fingerprint density at radius 1 is 1.14 bits per heavy atom. The van der Waals surface area contributed by atoms with Crippen LogP contribution in [0.2, 0.25) is 0 Å². The molecule has 0 spiro atoms. The number of para-hydroxylation sites is 1. The van der Waals surface area contributed by atoms with Gasteiger partial charge in [0.15, 0.2) is 4.90 Å². The molecule has 0 aliphatic carbocycles. The molecule has 2 aromatic carbocycles. The van der Waals surface area contributed by atoms with E-state index in [2.05, 4.69) is 15.9 Å². The van der Waals surface area contributed by atoms with Crippen molar-refractivity contribution in [2.24, 2.45) is 5.92 Å². The molecule has 152 valence electrons. The lowest BCUT2D eigenvalue weighted by atomic mass is 9.91. The van der Waals surface area contributed by atoms with E-state index < -0.39 is 16.0 Å². The monoisotopic (exact) mass is 465 g/mol. The summed E-state index contributed by atoms with van der Waals surface area (Å²) in [5, 5.41) is 14.7. The van der Waals surface area contributed by atoms with E-state index in [-0.39, 0.29) is 17.0 Å². The number of benzene rings is 2. The normalized spacial score (nSPS) is 26.9. The molecule has 0 aromatic heterocycles. The van der Waals surface area contributed by atoms with Crippen molar-refractivity contribution in [3.8, 4) is 5.75 Å². The Balaban J connectivity index is 2.11. The van der Waals surface area contributed by atoms with Gasteiger partial charge >= 0.3 is 0 Å². The lowest BCUT2D eigenvalue weighted by Crippen LogP contribution is -3.17. The first-order valence-electron chi connectivity index (χ1n) is 9.79. The Labute approximate surface area is 179 Å². The van der Waals surface area contributed by atoms with Crippen LogP contribution in [0.4, 0.5) is 0 Å². The Bertz CT molecular complexity index is 803. The van der Waals surface area contributed by atoms with Crippen molar-refractivity contribution in [1.82, 2.24) is 0 Å². The lowest BCUT2D eigenvalue weighted by molar-refractivity contribution is -0.931. The molecule has 0 saturated carbocycles. The highest BCUT2D eigenvalue weighted by Crippen LogP contribution is 2.45. The zero-order valence-electron chi connectivity index (χ0n) is 16.6. The second-order valence-electron chi connectivity index (χ2n) is 7.52. The summed E-state index contributed by atoms with van der Waals surface area (Å²) in [6.07, 6.45) is 1.94. The van der Waals surface area contributed by atoms with Gasteiger partial charge in [0.1, 0.15) is 17.4 Å². The maximum absolute atomic E-state index is 13.9. The van der Waals surface area contributed by atoms with Crippen molar-refractivity contribution >= 4 is 27.1 Å². The molecule has 1 aliphatic heterocycles. The Morgan fingerprint density at radius 3 is 2.54 bits per heavy atom. The Kier molecular flexibility index (Phi) is 7.10. The lowest BCUT2D eigenvalue weighted by Gasteiger charge is -2.51. The van der Waals surface area contributed by atoms with Gasteiger partial charge in [-0.3, -0.25) is 0 Å². The predicted octanol–water partition coefficient (Wildman–Crippen LogP) is 4.31. The summed E-state index contributed by atoms with van der Waals surface area (Å²) in [6, 6.07) is 14.9. The minimum atomic E-state index is -1.50. The number of ether oxygens (including phenoxy) is 1. The highest BCUT2D eigenvalue weighted by molar-refractivity contribution is 9.09. The molecule has 4 atom stereocenters. The molecule has 4 nitrogen and oxygen atoms in total. The van der Waals surface area contributed by atoms with Crippen LogP contribution in [-0.2, 0) is 16.0 Å². The molecule has 0 radical (unpaired) electrons. The van der Waals surface area contributed by atoms with Crippen LogP contribution in [0.15, 0.2) is 53.4 Å². The van der Waals surface area contributed by atoms with Crippen molar-refractivity contribution in [2.75, 3.05) is 11.9 Å². The molecule has 0 bridgehead atoms. The zero-order chi connectivity index (χ0) is 20.3. The number of rotatable bonds is 7. The standard InChI is InChI=1S/C22H28BrNO3S/c1-16(2)22(19-11-5-6-12-20(19)27-15-9-8-14-23)24(25)17(3)18-10-4-7-13-21(18)28(22)26/h4-7,10-13,16-17,24H,8-9,14-15H2,1-3H3. The van der Waals surface area contributed by atoms with E-state index >= 15 is 0 Å². The fraction of sp³-hybridized carbons (Fsp3) is 0.455. The van der Waals surface area contributed by atoms with Crippen molar-refractivity contribution < 1.29 is 14.4 Å². The topological polar surface area (TPSA) is 59.8 Å². The van der Waals surface area contributed by atoms with Crippen LogP contribution in [-0.4, -0.2) is 16.5 Å². The van der Waals surface area contributed by atoms with Crippen molar-refractivity contribution in [3.63, 3.8) is 0 Å². The first-order valence-corrected chi connectivity index (χ1v) is 12.1. The second kappa shape index (κ2) is 9.18. The van der Waals surface area contributed by atoms with Crippen LogP contribution in [0.1, 0.15) is 50.8 Å². The molecule has 28 heavy (non-hydrogen) atoms. The van der Waals surface area contributed by atoms with E-state index in [0.717, 1.165) is 34.2 Å². The highest BCUT2D eigenvalue weighted by atomic mass is 79.9. The molecule has 0 fully saturated rings. The molecule has 0 amide bonds. The fourth-order valence-corrected chi connectivity index (χ4v) is 6.62. The van der Waals surface area contributed by atoms with E-state index in [1.807, 2.05) is 69.3 Å². The van der Waals surface area contributed by atoms with Gasteiger partial charge in [-0.1, -0.05) is 54.0 Å². The smallest absolute Gasteiger partial charge is 0.283 e. The summed E-state index contributed by atoms with van der Waals surface area (Å²) in [5.41, 5.74) is 1.62. The minimum Gasteiger partial charge on any atom is -0.630 e.